The van der Waals surface area contributed by atoms with E-state index in [1.807, 2.05) is 57.2 Å². The molecule has 1 unspecified atom stereocenters. The van der Waals surface area contributed by atoms with E-state index in [0.717, 1.165) is 64.2 Å². The minimum absolute atomic E-state index is 0. The first-order valence-electron chi connectivity index (χ1n) is 26.1. The number of nitrogens with two attached hydrogens (primary N) is 1. The van der Waals surface area contributed by atoms with Crippen molar-refractivity contribution in [1.29, 1.82) is 0 Å². The molecule has 0 aliphatic heterocycles. The van der Waals surface area contributed by atoms with E-state index in [1.54, 1.807) is 37.4 Å². The van der Waals surface area contributed by atoms with Gasteiger partial charge in [-0.15, -0.1) is 0 Å². The van der Waals surface area contributed by atoms with Gasteiger partial charge in [0.1, 0.15) is 17.2 Å². The quantitative estimate of drug-likeness (QED) is 0.0332. The van der Waals surface area contributed by atoms with Crippen LogP contribution < -0.4 is 108 Å². The molecule has 0 fully saturated rings. The molecule has 93 heavy (non-hydrogen) atoms. The number of aromatic nitrogens is 4. The summed E-state index contributed by atoms with van der Waals surface area (Å²) in [4.78, 5) is 61.6. The summed E-state index contributed by atoms with van der Waals surface area (Å²) < 4.78 is 190. The van der Waals surface area contributed by atoms with Gasteiger partial charge in [0, 0.05) is 52.5 Å². The van der Waals surface area contributed by atoms with Crippen molar-refractivity contribution in [3.8, 4) is 50.9 Å². The Bertz CT molecular complexity index is 4600. The van der Waals surface area contributed by atoms with Crippen LogP contribution in [0.4, 0.5) is 36.4 Å². The molecular weight excluding hydrogens is 1410 g/mol. The normalized spacial score (nSPS) is 12.1. The number of nitrogens with zero attached hydrogens (tertiary/aromatic N) is 2. The van der Waals surface area contributed by atoms with Gasteiger partial charge in [-0.25, -0.2) is 40.6 Å². The Morgan fingerprint density at radius 3 is 1.25 bits per heavy atom. The summed E-state index contributed by atoms with van der Waals surface area (Å²) >= 11 is 2.50. The molecule has 490 valence electrons. The fourth-order valence-corrected chi connectivity index (χ4v) is 10.1. The van der Waals surface area contributed by atoms with Gasteiger partial charge < -0.3 is 23.8 Å². The van der Waals surface area contributed by atoms with E-state index >= 15 is 0 Å². The Morgan fingerprint density at radius 2 is 0.925 bits per heavy atom. The van der Waals surface area contributed by atoms with Crippen molar-refractivity contribution < 1.29 is 140 Å². The molecule has 0 saturated carbocycles. The van der Waals surface area contributed by atoms with Crippen LogP contribution in [0.3, 0.4) is 0 Å². The molecule has 6 aromatic carbocycles. The average Bonchev–Trinajstić information content (AvgIpc) is 0.741. The summed E-state index contributed by atoms with van der Waals surface area (Å²) in [5.41, 5.74) is 2.50. The number of fused-ring (bicyclic) bond motifs is 2. The third-order valence-corrected chi connectivity index (χ3v) is 14.6. The van der Waals surface area contributed by atoms with Crippen molar-refractivity contribution in [2.24, 2.45) is 5.14 Å². The number of aromatic amines is 2. The Morgan fingerprint density at radius 1 is 0.581 bits per heavy atom. The van der Waals surface area contributed by atoms with Gasteiger partial charge in [-0.2, -0.15) is 34.8 Å². The monoisotopic (exact) mass is 1460 g/mol. The number of H-pyrrole nitrogens is 2. The second kappa shape index (κ2) is 34.4. The number of halogens is 7. The molecule has 0 radical (unpaired) electrons. The van der Waals surface area contributed by atoms with Gasteiger partial charge in [0.25, 0.3) is 11.1 Å². The molecule has 1 atom stereocenters. The molecule has 5 N–H and O–H groups in total. The van der Waals surface area contributed by atoms with Gasteiger partial charge in [0.15, 0.2) is 0 Å². The topological polar surface area (TPSA) is 350 Å². The van der Waals surface area contributed by atoms with Crippen molar-refractivity contribution in [3.63, 3.8) is 0 Å². The van der Waals surface area contributed by atoms with Crippen molar-refractivity contribution in [3.05, 3.63) is 174 Å². The zero-order chi connectivity index (χ0) is 69.4. The second-order valence-electron chi connectivity index (χ2n) is 21.2. The number of nitrogens with one attached hydrogen (secondary N) is 3. The van der Waals surface area contributed by atoms with Crippen molar-refractivity contribution in [2.75, 3.05) is 31.5 Å². The van der Waals surface area contributed by atoms with E-state index in [-0.39, 0.29) is 69.6 Å². The van der Waals surface area contributed by atoms with E-state index in [1.165, 1.54) is 110 Å². The molecule has 37 heteroatoms. The molecule has 8 rings (SSSR count). The molecule has 8 aromatic rings. The summed E-state index contributed by atoms with van der Waals surface area (Å²) in [6, 6.07) is 27.9. The van der Waals surface area contributed by atoms with Crippen LogP contribution in [0.2, 0.25) is 0 Å². The molecule has 0 aliphatic rings. The number of ether oxygens (including phenoxy) is 2. The van der Waals surface area contributed by atoms with Crippen LogP contribution in [0, 0.1) is 0 Å². The van der Waals surface area contributed by atoms with Gasteiger partial charge in [-0.3, -0.25) is 33.4 Å². The maximum atomic E-state index is 14.2. The Labute approximate surface area is 617 Å². The number of benzene rings is 6. The van der Waals surface area contributed by atoms with Crippen molar-refractivity contribution >= 4 is 129 Å². The van der Waals surface area contributed by atoms with Crippen LogP contribution in [0.15, 0.2) is 141 Å². The number of methoxy groups -OCH3 is 2. The first-order chi connectivity index (χ1) is 41.7. The zero-order valence-electron chi connectivity index (χ0n) is 51.3. The summed E-state index contributed by atoms with van der Waals surface area (Å²) in [6.45, 7) is 11.9. The van der Waals surface area contributed by atoms with Crippen LogP contribution in [-0.4, -0.2) is 152 Å². The van der Waals surface area contributed by atoms with Gasteiger partial charge in [-0.05, 0) is 109 Å². The number of rotatable bonds is 12. The molecule has 0 bridgehead atoms. The van der Waals surface area contributed by atoms with Gasteiger partial charge in [0.05, 0.1) is 38.1 Å². The second-order valence-corrected chi connectivity index (χ2v) is 26.9. The number of primary sulfonamides is 1. The number of anilines is 1. The van der Waals surface area contributed by atoms with E-state index in [4.69, 9.17) is 24.2 Å². The average molecular weight is 1470 g/mol. The summed E-state index contributed by atoms with van der Waals surface area (Å²) in [7, 11) is -13.6. The van der Waals surface area contributed by atoms with E-state index in [9.17, 15) is 75.2 Å². The summed E-state index contributed by atoms with van der Waals surface area (Å²) in [5, 5.41) is 8.41. The fraction of sp³-hybridized carbons (Fsp3) is 0.286. The Hall–Kier alpha value is -3.39. The first kappa shape index (κ1) is 85.7. The molecule has 0 saturated heterocycles. The predicted molar refractivity (Wildman–Crippen MR) is 332 cm³/mol. The Kier molecular flexibility index (Phi) is 31.7. The SMILES string of the molecule is C.COc1c(-c2ccc3cc(NS(C)(=O)=O)ccc3c2)cc(-n2ccc(=O)[nH]c2=O)cc1C(C)(C)C.COc1c(-c2ccc3cc(OS(=O)(=O)C(F)(C(F)(F)F)C(F)(F)F)ccc3c2)cc(-n2ccc(=O)[nH]c2=O)cc1C(C)(C)C.CS(N)(=O)=O.O=[P+]([O-])O[O-].[K+].[K][K]. The van der Waals surface area contributed by atoms with Crippen molar-refractivity contribution in [2.45, 2.75) is 77.2 Å². The molecule has 2 aromatic heterocycles. The molecule has 0 spiro atoms. The van der Waals surface area contributed by atoms with Gasteiger partial charge >= 0.3 is 162 Å². The van der Waals surface area contributed by atoms with E-state index < -0.39 is 89.4 Å². The van der Waals surface area contributed by atoms with Crippen molar-refractivity contribution in [1.82, 2.24) is 19.1 Å². The first-order valence-corrected chi connectivity index (χ1v) is 48.4. The third-order valence-electron chi connectivity index (χ3n) is 12.3. The third kappa shape index (κ3) is 23.1. The number of hydrogen-bond donors (Lipinski definition) is 4. The zero-order valence-corrected chi connectivity index (χ0v) is 64.0. The minimum atomic E-state index is -6.96. The molecule has 0 aliphatic carbocycles. The van der Waals surface area contributed by atoms with Crippen LogP contribution in [0.25, 0.3) is 55.2 Å². The molecular formula is C56H59F7K3N6O17PS3. The predicted octanol–water partition coefficient (Wildman–Crippen LogP) is 4.25. The van der Waals surface area contributed by atoms with E-state index in [2.05, 4.69) is 49.5 Å². The molecule has 2 heterocycles. The number of alkyl halides is 7. The van der Waals surface area contributed by atoms with Gasteiger partial charge in [0.2, 0.25) is 20.0 Å². The molecule has 23 nitrogen and oxygen atoms in total. The van der Waals surface area contributed by atoms with Crippen LogP contribution >= 0.6 is 8.25 Å². The maximum absolute atomic E-state index is 14.2. The molecule has 0 amide bonds. The summed E-state index contributed by atoms with van der Waals surface area (Å²) in [6.07, 6.45) is -8.97. The van der Waals surface area contributed by atoms with Crippen LogP contribution in [0.5, 0.6) is 17.2 Å². The number of sulfonamides is 2. The standard InChI is InChI=1S/C28H23F7N2O6S.C26H27N3O5S.CH5NO2S.CH4.3K.HO4P/c1-25(2,3)21-14-18(37-10-9-22(38)36-24(37)39)13-20(23(21)42-4)17-6-5-16-12-19(8-7-15(16)11-17)43-44(40,41)26(29,27(30,31)32)28(33,34)35;1-26(2,3)22-15-20(29-11-10-23(30)27-25(29)31)14-21(24(22)34-4)18-7-6-17-13-19(28-35(5,32)33)9-8-16(17)12-18;1-5(2,3)4;;;;;1-4-5(2)3/h5-14H,1-4H3,(H,36,38,39);6-15,28H,1-5H3,(H,27,30,31);1H3,(H2,2,3,4);1H4;;;;1H/q;;;;;;+1;/p-1. The van der Waals surface area contributed by atoms with Crippen LogP contribution in [-0.2, 0) is 50.2 Å². The summed E-state index contributed by atoms with van der Waals surface area (Å²) in [5.74, 6) is 0.115. The van der Waals surface area contributed by atoms with Gasteiger partial charge in [-0.1, -0.05) is 85.4 Å². The van der Waals surface area contributed by atoms with E-state index in [0.29, 0.717) is 50.6 Å². The Balaban J connectivity index is 0.000000538. The number of hydrogen-bond acceptors (Lipinski definition) is 17. The van der Waals surface area contributed by atoms with Crippen LogP contribution in [0.1, 0.15) is 60.1 Å². The fourth-order valence-electron chi connectivity index (χ4n) is 8.49.